The van der Waals surface area contributed by atoms with E-state index in [9.17, 15) is 4.79 Å². The average Bonchev–Trinajstić information content (AvgIpc) is 2.52. The van der Waals surface area contributed by atoms with Crippen LogP contribution in [0.4, 0.5) is 5.69 Å². The second-order valence-electron chi connectivity index (χ2n) is 5.48. The number of benzene rings is 1. The quantitative estimate of drug-likeness (QED) is 0.795. The van der Waals surface area contributed by atoms with Gasteiger partial charge < -0.3 is 10.2 Å². The van der Waals surface area contributed by atoms with Gasteiger partial charge in [-0.2, -0.15) is 0 Å². The number of likely N-dealkylation sites (N-methyl/N-ethyl adjacent to an activating group) is 1. The van der Waals surface area contributed by atoms with Gasteiger partial charge in [0, 0.05) is 12.1 Å². The van der Waals surface area contributed by atoms with Crippen molar-refractivity contribution in [2.45, 2.75) is 67.3 Å². The summed E-state index contributed by atoms with van der Waals surface area (Å²) in [6.07, 6.45) is 1.98. The maximum absolute atomic E-state index is 12.6. The summed E-state index contributed by atoms with van der Waals surface area (Å²) < 4.78 is 0. The van der Waals surface area contributed by atoms with E-state index in [1.807, 2.05) is 45.9 Å². The molecule has 1 aromatic rings. The van der Waals surface area contributed by atoms with Crippen LogP contribution in [0.15, 0.2) is 18.2 Å². The Morgan fingerprint density at radius 3 is 2.09 bits per heavy atom. The fraction of sp³-hybridized carbons (Fsp3) is 0.632. The summed E-state index contributed by atoms with van der Waals surface area (Å²) in [5.74, 6) is 0.148. The Kier molecular flexibility index (Phi) is 10.6. The minimum absolute atomic E-state index is 0.0407. The van der Waals surface area contributed by atoms with Gasteiger partial charge in [-0.1, -0.05) is 45.9 Å². The Morgan fingerprint density at radius 1 is 1.14 bits per heavy atom. The molecular weight excluding hydrogens is 272 g/mol. The predicted molar refractivity (Wildman–Crippen MR) is 96.6 cm³/mol. The molecule has 0 aliphatic carbocycles. The number of aryl methyl sites for hydroxylation is 2. The van der Waals surface area contributed by atoms with E-state index in [2.05, 4.69) is 26.1 Å². The third-order valence-corrected chi connectivity index (χ3v) is 3.97. The van der Waals surface area contributed by atoms with Crippen LogP contribution >= 0.6 is 0 Å². The smallest absolute Gasteiger partial charge is 0.282 e. The predicted octanol–water partition coefficient (Wildman–Crippen LogP) is 3.36. The zero-order valence-corrected chi connectivity index (χ0v) is 15.5. The summed E-state index contributed by atoms with van der Waals surface area (Å²) in [4.78, 5) is 14.0. The molecule has 0 aromatic heterocycles. The number of hydrogen-bond donors (Lipinski definition) is 2. The summed E-state index contributed by atoms with van der Waals surface area (Å²) >= 11 is 0. The highest BCUT2D eigenvalue weighted by molar-refractivity contribution is 5.95. The molecule has 1 amide bonds. The summed E-state index contributed by atoms with van der Waals surface area (Å²) in [7, 11) is 0. The molecule has 0 spiro atoms. The van der Waals surface area contributed by atoms with Gasteiger partial charge in [-0.25, -0.2) is 0 Å². The first kappa shape index (κ1) is 20.6. The van der Waals surface area contributed by atoms with E-state index in [0.717, 1.165) is 42.7 Å². The van der Waals surface area contributed by atoms with Crippen molar-refractivity contribution >= 4 is 11.6 Å². The normalized spacial score (nSPS) is 12.9. The molecule has 22 heavy (non-hydrogen) atoms. The SMILES string of the molecule is CC.CCC[NH+](CC)C(CC)C(=O)Nc1c(C)cccc1C. The average molecular weight is 308 g/mol. The summed E-state index contributed by atoms with van der Waals surface area (Å²) in [5.41, 5.74) is 3.23. The maximum Gasteiger partial charge on any atom is 0.282 e. The minimum Gasteiger partial charge on any atom is -0.325 e. The fourth-order valence-electron chi connectivity index (χ4n) is 2.80. The first-order chi connectivity index (χ1) is 10.5. The number of nitrogens with one attached hydrogen (secondary N) is 2. The maximum atomic E-state index is 12.6. The van der Waals surface area contributed by atoms with Crippen molar-refractivity contribution in [1.29, 1.82) is 0 Å². The van der Waals surface area contributed by atoms with Crippen molar-refractivity contribution in [3.05, 3.63) is 29.3 Å². The molecule has 2 unspecified atom stereocenters. The van der Waals surface area contributed by atoms with Crippen LogP contribution in [-0.2, 0) is 4.79 Å². The molecule has 0 saturated heterocycles. The molecule has 3 nitrogen and oxygen atoms in total. The molecule has 2 atom stereocenters. The van der Waals surface area contributed by atoms with Crippen molar-refractivity contribution in [2.24, 2.45) is 0 Å². The number of hydrogen-bond acceptors (Lipinski definition) is 1. The van der Waals surface area contributed by atoms with Gasteiger partial charge in [0.25, 0.3) is 5.91 Å². The van der Waals surface area contributed by atoms with Crippen LogP contribution < -0.4 is 10.2 Å². The van der Waals surface area contributed by atoms with Gasteiger partial charge in [0.15, 0.2) is 6.04 Å². The van der Waals surface area contributed by atoms with E-state index in [0.29, 0.717) is 0 Å². The van der Waals surface area contributed by atoms with E-state index < -0.39 is 0 Å². The van der Waals surface area contributed by atoms with E-state index >= 15 is 0 Å². The Hall–Kier alpha value is -1.35. The molecule has 0 bridgehead atoms. The lowest BCUT2D eigenvalue weighted by molar-refractivity contribution is -0.914. The summed E-state index contributed by atoms with van der Waals surface area (Å²) in [5, 5.41) is 3.14. The number of carbonyl (C=O) groups is 1. The van der Waals surface area contributed by atoms with Crippen molar-refractivity contribution in [2.75, 3.05) is 18.4 Å². The van der Waals surface area contributed by atoms with Crippen molar-refractivity contribution in [1.82, 2.24) is 0 Å². The van der Waals surface area contributed by atoms with E-state index in [1.165, 1.54) is 4.90 Å². The lowest BCUT2D eigenvalue weighted by Gasteiger charge is -2.26. The summed E-state index contributed by atoms with van der Waals surface area (Å²) in [6, 6.07) is 6.15. The van der Waals surface area contributed by atoms with Gasteiger partial charge in [0.1, 0.15) is 0 Å². The summed E-state index contributed by atoms with van der Waals surface area (Å²) in [6.45, 7) is 16.5. The Labute approximate surface area is 137 Å². The molecule has 0 aliphatic rings. The molecule has 0 fully saturated rings. The van der Waals surface area contributed by atoms with Crippen LogP contribution in [0.3, 0.4) is 0 Å². The number of quaternary nitrogens is 1. The number of anilines is 1. The highest BCUT2D eigenvalue weighted by atomic mass is 16.2. The van der Waals surface area contributed by atoms with Gasteiger partial charge in [0.05, 0.1) is 13.1 Å². The topological polar surface area (TPSA) is 33.5 Å². The van der Waals surface area contributed by atoms with Crippen molar-refractivity contribution in [3.8, 4) is 0 Å². The standard InChI is InChI=1S/C17H28N2O.C2H6/c1-6-12-19(8-3)15(7-2)17(20)18-16-13(4)10-9-11-14(16)5;1-2/h9-11,15H,6-8,12H2,1-5H3,(H,18,20);1-2H3/p+1. The van der Waals surface area contributed by atoms with Crippen LogP contribution in [0.25, 0.3) is 0 Å². The monoisotopic (exact) mass is 307 g/mol. The molecule has 0 saturated carbocycles. The van der Waals surface area contributed by atoms with Gasteiger partial charge in [0.2, 0.25) is 0 Å². The van der Waals surface area contributed by atoms with Gasteiger partial charge in [-0.05, 0) is 38.3 Å². The van der Waals surface area contributed by atoms with Crippen LogP contribution in [0.5, 0.6) is 0 Å². The highest BCUT2D eigenvalue weighted by Gasteiger charge is 2.26. The molecule has 0 heterocycles. The highest BCUT2D eigenvalue weighted by Crippen LogP contribution is 2.19. The lowest BCUT2D eigenvalue weighted by atomic mass is 10.1. The first-order valence-corrected chi connectivity index (χ1v) is 8.76. The van der Waals surface area contributed by atoms with Gasteiger partial charge in [-0.3, -0.25) is 4.79 Å². The molecule has 0 radical (unpaired) electrons. The van der Waals surface area contributed by atoms with Gasteiger partial charge in [-0.15, -0.1) is 0 Å². The van der Waals surface area contributed by atoms with Crippen LogP contribution in [0, 0.1) is 13.8 Å². The van der Waals surface area contributed by atoms with Crippen LogP contribution in [0.2, 0.25) is 0 Å². The number of para-hydroxylation sites is 1. The molecule has 126 valence electrons. The number of carbonyl (C=O) groups excluding carboxylic acids is 1. The van der Waals surface area contributed by atoms with E-state index in [4.69, 9.17) is 0 Å². The molecule has 3 heteroatoms. The van der Waals surface area contributed by atoms with Crippen molar-refractivity contribution in [3.63, 3.8) is 0 Å². The molecular formula is C19H35N2O+. The Bertz CT molecular complexity index is 423. The third kappa shape index (κ3) is 5.80. The third-order valence-electron chi connectivity index (χ3n) is 3.97. The van der Waals surface area contributed by atoms with Crippen LogP contribution in [0.1, 0.15) is 58.6 Å². The molecule has 1 rings (SSSR count). The molecule has 0 aliphatic heterocycles. The molecule has 2 N–H and O–H groups in total. The largest absolute Gasteiger partial charge is 0.325 e. The van der Waals surface area contributed by atoms with E-state index in [-0.39, 0.29) is 11.9 Å². The molecule has 1 aromatic carbocycles. The fourth-order valence-corrected chi connectivity index (χ4v) is 2.80. The Balaban J connectivity index is 0.00000211. The zero-order chi connectivity index (χ0) is 17.1. The second-order valence-corrected chi connectivity index (χ2v) is 5.48. The zero-order valence-electron chi connectivity index (χ0n) is 15.5. The van der Waals surface area contributed by atoms with Crippen molar-refractivity contribution < 1.29 is 9.69 Å². The Morgan fingerprint density at radius 2 is 1.68 bits per heavy atom. The lowest BCUT2D eigenvalue weighted by Crippen LogP contribution is -3.16. The number of rotatable bonds is 7. The number of amides is 1. The minimum atomic E-state index is 0.0407. The van der Waals surface area contributed by atoms with E-state index in [1.54, 1.807) is 0 Å². The second kappa shape index (κ2) is 11.2. The van der Waals surface area contributed by atoms with Gasteiger partial charge >= 0.3 is 0 Å². The van der Waals surface area contributed by atoms with Crippen LogP contribution in [-0.4, -0.2) is 25.0 Å². The first-order valence-electron chi connectivity index (χ1n) is 8.76.